The van der Waals surface area contributed by atoms with E-state index in [1.54, 1.807) is 0 Å². The van der Waals surface area contributed by atoms with E-state index in [1.165, 1.54) is 6.42 Å². The second-order valence-corrected chi connectivity index (χ2v) is 5.06. The van der Waals surface area contributed by atoms with Gasteiger partial charge in [0.25, 0.3) is 0 Å². The molecule has 19 heavy (non-hydrogen) atoms. The van der Waals surface area contributed by atoms with Gasteiger partial charge in [-0.1, -0.05) is 37.3 Å². The van der Waals surface area contributed by atoms with Crippen molar-refractivity contribution in [1.82, 2.24) is 10.2 Å². The van der Waals surface area contributed by atoms with Crippen LogP contribution in [0.1, 0.15) is 31.4 Å². The molecular weight excluding hydrogens is 238 g/mol. The summed E-state index contributed by atoms with van der Waals surface area (Å²) in [6, 6.07) is 9.40. The van der Waals surface area contributed by atoms with Crippen LogP contribution in [0, 0.1) is 0 Å². The molecule has 0 bridgehead atoms. The predicted octanol–water partition coefficient (Wildman–Crippen LogP) is 1.29. The van der Waals surface area contributed by atoms with E-state index in [2.05, 4.69) is 17.1 Å². The molecule has 4 nitrogen and oxygen atoms in total. The van der Waals surface area contributed by atoms with Crippen molar-refractivity contribution in [2.24, 2.45) is 5.73 Å². The van der Waals surface area contributed by atoms with Gasteiger partial charge in [-0.25, -0.2) is 0 Å². The zero-order valence-corrected chi connectivity index (χ0v) is 11.5. The molecule has 1 aliphatic rings. The Hall–Kier alpha value is -1.39. The number of amides is 1. The van der Waals surface area contributed by atoms with Crippen molar-refractivity contribution in [3.05, 3.63) is 35.9 Å². The Labute approximate surface area is 115 Å². The summed E-state index contributed by atoms with van der Waals surface area (Å²) in [6.07, 6.45) is 2.38. The first-order chi connectivity index (χ1) is 9.22. The highest BCUT2D eigenvalue weighted by Crippen LogP contribution is 2.16. The SMILES string of the molecule is CCN1CCCC1CNC(=O)[C@H](N)c1ccccc1. The van der Waals surface area contributed by atoms with Crippen LogP contribution >= 0.6 is 0 Å². The molecule has 4 heteroatoms. The second kappa shape index (κ2) is 6.68. The normalized spacial score (nSPS) is 21.3. The zero-order valence-electron chi connectivity index (χ0n) is 11.5. The van der Waals surface area contributed by atoms with Crippen LogP contribution in [0.3, 0.4) is 0 Å². The summed E-state index contributed by atoms with van der Waals surface area (Å²) in [7, 11) is 0. The van der Waals surface area contributed by atoms with Gasteiger partial charge in [0.05, 0.1) is 0 Å². The Balaban J connectivity index is 1.84. The van der Waals surface area contributed by atoms with E-state index in [9.17, 15) is 4.79 Å². The molecule has 2 atom stereocenters. The molecular formula is C15H23N3O. The number of benzene rings is 1. The molecule has 2 rings (SSSR count). The highest BCUT2D eigenvalue weighted by atomic mass is 16.2. The highest BCUT2D eigenvalue weighted by Gasteiger charge is 2.24. The van der Waals surface area contributed by atoms with E-state index in [4.69, 9.17) is 5.73 Å². The Morgan fingerprint density at radius 2 is 2.21 bits per heavy atom. The first-order valence-electron chi connectivity index (χ1n) is 7.04. The number of hydrogen-bond donors (Lipinski definition) is 2. The number of nitrogens with one attached hydrogen (secondary N) is 1. The van der Waals surface area contributed by atoms with Gasteiger partial charge < -0.3 is 11.1 Å². The molecule has 1 amide bonds. The summed E-state index contributed by atoms with van der Waals surface area (Å²) >= 11 is 0. The van der Waals surface area contributed by atoms with Crippen molar-refractivity contribution in [2.45, 2.75) is 31.8 Å². The number of nitrogens with zero attached hydrogens (tertiary/aromatic N) is 1. The highest BCUT2D eigenvalue weighted by molar-refractivity contribution is 5.82. The summed E-state index contributed by atoms with van der Waals surface area (Å²) in [4.78, 5) is 14.5. The van der Waals surface area contributed by atoms with E-state index in [1.807, 2.05) is 30.3 Å². The molecule has 1 fully saturated rings. The van der Waals surface area contributed by atoms with Crippen LogP contribution in [0.25, 0.3) is 0 Å². The molecule has 0 radical (unpaired) electrons. The fraction of sp³-hybridized carbons (Fsp3) is 0.533. The van der Waals surface area contributed by atoms with Crippen LogP contribution in [-0.4, -0.2) is 36.5 Å². The number of nitrogens with two attached hydrogens (primary N) is 1. The van der Waals surface area contributed by atoms with Crippen LogP contribution in [-0.2, 0) is 4.79 Å². The molecule has 0 aromatic heterocycles. The lowest BCUT2D eigenvalue weighted by atomic mass is 10.1. The maximum atomic E-state index is 12.0. The van der Waals surface area contributed by atoms with Crippen LogP contribution < -0.4 is 11.1 Å². The van der Waals surface area contributed by atoms with Gasteiger partial charge in [0.2, 0.25) is 5.91 Å². The third-order valence-electron chi connectivity index (χ3n) is 3.86. The van der Waals surface area contributed by atoms with Crippen molar-refractivity contribution < 1.29 is 4.79 Å². The summed E-state index contributed by atoms with van der Waals surface area (Å²) in [5, 5.41) is 2.98. The lowest BCUT2D eigenvalue weighted by molar-refractivity contribution is -0.122. The minimum Gasteiger partial charge on any atom is -0.353 e. The number of carbonyl (C=O) groups excluding carboxylic acids is 1. The Bertz CT molecular complexity index is 407. The fourth-order valence-corrected chi connectivity index (χ4v) is 2.68. The molecule has 0 spiro atoms. The number of rotatable bonds is 5. The fourth-order valence-electron chi connectivity index (χ4n) is 2.68. The van der Waals surface area contributed by atoms with Gasteiger partial charge in [-0.15, -0.1) is 0 Å². The van der Waals surface area contributed by atoms with E-state index < -0.39 is 6.04 Å². The smallest absolute Gasteiger partial charge is 0.241 e. The van der Waals surface area contributed by atoms with Gasteiger partial charge in [0.15, 0.2) is 0 Å². The summed E-state index contributed by atoms with van der Waals surface area (Å²) in [6.45, 7) is 5.05. The van der Waals surface area contributed by atoms with Gasteiger partial charge in [0, 0.05) is 12.6 Å². The van der Waals surface area contributed by atoms with Gasteiger partial charge in [-0.3, -0.25) is 9.69 Å². The van der Waals surface area contributed by atoms with Crippen molar-refractivity contribution >= 4 is 5.91 Å². The van der Waals surface area contributed by atoms with E-state index >= 15 is 0 Å². The lowest BCUT2D eigenvalue weighted by Gasteiger charge is -2.23. The molecule has 1 saturated heterocycles. The summed E-state index contributed by atoms with van der Waals surface area (Å²) in [5.41, 5.74) is 6.82. The summed E-state index contributed by atoms with van der Waals surface area (Å²) in [5.74, 6) is -0.0887. The predicted molar refractivity (Wildman–Crippen MR) is 76.6 cm³/mol. The minimum atomic E-state index is -0.572. The molecule has 0 aliphatic carbocycles. The minimum absolute atomic E-state index is 0.0887. The average Bonchev–Trinajstić information content (AvgIpc) is 2.92. The van der Waals surface area contributed by atoms with Crippen molar-refractivity contribution in [2.75, 3.05) is 19.6 Å². The number of hydrogen-bond acceptors (Lipinski definition) is 3. The molecule has 1 aromatic carbocycles. The van der Waals surface area contributed by atoms with Crippen LogP contribution in [0.2, 0.25) is 0 Å². The molecule has 0 saturated carbocycles. The number of carbonyl (C=O) groups is 1. The molecule has 1 unspecified atom stereocenters. The standard InChI is InChI=1S/C15H23N3O/c1-2-18-10-6-9-13(18)11-17-15(19)14(16)12-7-4-3-5-8-12/h3-5,7-8,13-14H,2,6,9-11,16H2,1H3,(H,17,19)/t13?,14-/m1/s1. The van der Waals surface area contributed by atoms with Gasteiger partial charge in [-0.05, 0) is 31.5 Å². The second-order valence-electron chi connectivity index (χ2n) is 5.06. The zero-order chi connectivity index (χ0) is 13.7. The van der Waals surface area contributed by atoms with Crippen molar-refractivity contribution in [1.29, 1.82) is 0 Å². The third kappa shape index (κ3) is 3.55. The molecule has 104 valence electrons. The van der Waals surface area contributed by atoms with Crippen LogP contribution in [0.15, 0.2) is 30.3 Å². The maximum Gasteiger partial charge on any atom is 0.241 e. The molecule has 1 aromatic rings. The van der Waals surface area contributed by atoms with Gasteiger partial charge >= 0.3 is 0 Å². The lowest BCUT2D eigenvalue weighted by Crippen LogP contribution is -2.43. The van der Waals surface area contributed by atoms with Crippen molar-refractivity contribution in [3.8, 4) is 0 Å². The molecule has 3 N–H and O–H groups in total. The summed E-state index contributed by atoms with van der Waals surface area (Å²) < 4.78 is 0. The Kier molecular flexibility index (Phi) is 4.93. The van der Waals surface area contributed by atoms with E-state index in [0.717, 1.165) is 25.1 Å². The van der Waals surface area contributed by atoms with E-state index in [0.29, 0.717) is 12.6 Å². The number of likely N-dealkylation sites (N-methyl/N-ethyl adjacent to an activating group) is 1. The quantitative estimate of drug-likeness (QED) is 0.839. The molecule has 1 aliphatic heterocycles. The average molecular weight is 261 g/mol. The Morgan fingerprint density at radius 3 is 2.89 bits per heavy atom. The largest absolute Gasteiger partial charge is 0.353 e. The van der Waals surface area contributed by atoms with Gasteiger partial charge in [0.1, 0.15) is 6.04 Å². The number of likely N-dealkylation sites (tertiary alicyclic amines) is 1. The molecule has 1 heterocycles. The first kappa shape index (κ1) is 14.0. The first-order valence-corrected chi connectivity index (χ1v) is 7.04. The maximum absolute atomic E-state index is 12.0. The Morgan fingerprint density at radius 1 is 1.47 bits per heavy atom. The van der Waals surface area contributed by atoms with Gasteiger partial charge in [-0.2, -0.15) is 0 Å². The van der Waals surface area contributed by atoms with Crippen LogP contribution in [0.4, 0.5) is 0 Å². The van der Waals surface area contributed by atoms with Crippen molar-refractivity contribution in [3.63, 3.8) is 0 Å². The monoisotopic (exact) mass is 261 g/mol. The third-order valence-corrected chi connectivity index (χ3v) is 3.86. The topological polar surface area (TPSA) is 58.4 Å². The van der Waals surface area contributed by atoms with E-state index in [-0.39, 0.29) is 5.91 Å². The van der Waals surface area contributed by atoms with Crippen LogP contribution in [0.5, 0.6) is 0 Å².